The van der Waals surface area contributed by atoms with Gasteiger partial charge >= 0.3 is 5.97 Å². The maximum absolute atomic E-state index is 10.8. The molecule has 0 fully saturated rings. The van der Waals surface area contributed by atoms with Crippen molar-refractivity contribution in [2.45, 2.75) is 0 Å². The Morgan fingerprint density at radius 2 is 1.72 bits per heavy atom. The lowest BCUT2D eigenvalue weighted by molar-refractivity contribution is -0.377. The van der Waals surface area contributed by atoms with E-state index in [-0.39, 0.29) is 11.3 Å². The average Bonchev–Trinajstić information content (AvgIpc) is 2.30. The predicted molar refractivity (Wildman–Crippen MR) is 64.7 cm³/mol. The molecule has 6 heteroatoms. The molecule has 0 amide bonds. The highest BCUT2D eigenvalue weighted by Crippen LogP contribution is 2.16. The maximum atomic E-state index is 10.8. The Morgan fingerprint density at radius 3 is 2.11 bits per heavy atom. The molecule has 0 unspecified atom stereocenters. The van der Waals surface area contributed by atoms with Crippen molar-refractivity contribution in [1.29, 1.82) is 0 Å². The van der Waals surface area contributed by atoms with Gasteiger partial charge in [0.15, 0.2) is 12.4 Å². The fourth-order valence-corrected chi connectivity index (χ4v) is 1.12. The smallest absolute Gasteiger partial charge is 0.335 e. The first kappa shape index (κ1) is 13.3. The lowest BCUT2D eigenvalue weighted by Gasteiger charge is -2.09. The molecule has 0 spiro atoms. The quantitative estimate of drug-likeness (QED) is 0.617. The Morgan fingerprint density at radius 1 is 1.11 bits per heavy atom. The van der Waals surface area contributed by atoms with Crippen LogP contribution in [0, 0.1) is 0 Å². The summed E-state index contributed by atoms with van der Waals surface area (Å²) in [5.41, 5.74) is 11.4. The van der Waals surface area contributed by atoms with E-state index in [0.717, 1.165) is 11.8 Å². The zero-order valence-electron chi connectivity index (χ0n) is 9.46. The van der Waals surface area contributed by atoms with Gasteiger partial charge in [-0.25, -0.2) is 9.78 Å². The Bertz CT molecular complexity index is 529. The molecule has 1 aromatic heterocycles. The van der Waals surface area contributed by atoms with Crippen molar-refractivity contribution in [3.05, 3.63) is 48.3 Å². The number of aromatic carboxylic acids is 1. The van der Waals surface area contributed by atoms with Crippen molar-refractivity contribution in [3.63, 3.8) is 0 Å². The molecule has 0 atom stereocenters. The largest absolute Gasteiger partial charge is 0.872 e. The molecule has 6 nitrogen and oxygen atoms in total. The van der Waals surface area contributed by atoms with E-state index in [0.29, 0.717) is 0 Å². The second kappa shape index (κ2) is 6.09. The number of H-pyrrole nitrogens is 1. The number of benzene rings is 1. The van der Waals surface area contributed by atoms with Gasteiger partial charge in [-0.05, 0) is 18.2 Å². The third-order valence-corrected chi connectivity index (χ3v) is 1.98. The third-order valence-electron chi connectivity index (χ3n) is 1.98. The number of carbonyl (C=O) groups is 1. The number of hydrogen-bond acceptors (Lipinski definition) is 4. The first-order valence-corrected chi connectivity index (χ1v) is 5.02. The van der Waals surface area contributed by atoms with Gasteiger partial charge < -0.3 is 21.7 Å². The van der Waals surface area contributed by atoms with Gasteiger partial charge in [0.25, 0.3) is 0 Å². The van der Waals surface area contributed by atoms with Crippen LogP contribution in [0.15, 0.2) is 42.7 Å². The highest BCUT2D eigenvalue weighted by atomic mass is 16.4. The summed E-state index contributed by atoms with van der Waals surface area (Å²) < 4.78 is 0. The van der Waals surface area contributed by atoms with Gasteiger partial charge in [0, 0.05) is 23.5 Å². The van der Waals surface area contributed by atoms with Gasteiger partial charge in [0.1, 0.15) is 0 Å². The molecule has 0 aliphatic heterocycles. The third kappa shape index (κ3) is 4.01. The van der Waals surface area contributed by atoms with Crippen LogP contribution in [0.1, 0.15) is 10.4 Å². The first-order valence-electron chi connectivity index (χ1n) is 5.02. The number of nitrogens with two attached hydrogens (primary N) is 2. The molecule has 0 radical (unpaired) electrons. The summed E-state index contributed by atoms with van der Waals surface area (Å²) in [5, 5.41) is 19.2. The number of pyridine rings is 1. The highest BCUT2D eigenvalue weighted by Gasteiger charge is 2.01. The summed E-state index contributed by atoms with van der Waals surface area (Å²) in [6.45, 7) is 0. The second-order valence-corrected chi connectivity index (χ2v) is 3.39. The van der Waals surface area contributed by atoms with Crippen molar-refractivity contribution in [3.8, 4) is 5.75 Å². The van der Waals surface area contributed by atoms with Gasteiger partial charge in [0.2, 0.25) is 0 Å². The van der Waals surface area contributed by atoms with Gasteiger partial charge in [-0.15, -0.1) is 0 Å². The van der Waals surface area contributed by atoms with E-state index in [1.807, 2.05) is 0 Å². The van der Waals surface area contributed by atoms with Crippen molar-refractivity contribution in [1.82, 2.24) is 0 Å². The standard InChI is InChI=1S/C7H7NO3.C5H6N2/c8-4-1-2-5(7(10)11)6(9)3-4;6-5-1-3-7-4-2-5/h1-3,9H,8H2,(H,10,11);1-4H,(H2,6,7). The molecule has 6 N–H and O–H groups in total. The summed E-state index contributed by atoms with van der Waals surface area (Å²) in [6, 6.07) is 7.27. The molecule has 0 bridgehead atoms. The summed E-state index contributed by atoms with van der Waals surface area (Å²) in [7, 11) is 0. The van der Waals surface area contributed by atoms with E-state index in [2.05, 4.69) is 4.98 Å². The molecule has 2 aromatic rings. The minimum absolute atomic E-state index is 0.251. The maximum Gasteiger partial charge on any atom is 0.335 e. The number of carboxylic acids is 1. The van der Waals surface area contributed by atoms with Gasteiger partial charge in [0.05, 0.1) is 5.56 Å². The normalized spacial score (nSPS) is 9.11. The van der Waals surface area contributed by atoms with Crippen LogP contribution >= 0.6 is 0 Å². The number of aromatic amines is 1. The monoisotopic (exact) mass is 247 g/mol. The molecule has 94 valence electrons. The lowest BCUT2D eigenvalue weighted by atomic mass is 10.2. The molecule has 0 saturated carbocycles. The molecular formula is C12H13N3O3. The Labute approximate surface area is 104 Å². The van der Waals surface area contributed by atoms with Crippen molar-refractivity contribution in [2.75, 3.05) is 11.5 Å². The number of aromatic nitrogens is 1. The van der Waals surface area contributed by atoms with Crippen LogP contribution in [0.25, 0.3) is 0 Å². The van der Waals surface area contributed by atoms with E-state index in [9.17, 15) is 9.90 Å². The van der Waals surface area contributed by atoms with E-state index < -0.39 is 11.7 Å². The Hall–Kier alpha value is -2.76. The zero-order chi connectivity index (χ0) is 13.5. The number of carboxylic acid groups (broad SMARTS) is 1. The zero-order valence-corrected chi connectivity index (χ0v) is 9.46. The van der Waals surface area contributed by atoms with Crippen LogP contribution in [0.3, 0.4) is 0 Å². The molecule has 0 aliphatic rings. The molecule has 1 aromatic carbocycles. The van der Waals surface area contributed by atoms with Gasteiger partial charge in [-0.1, -0.05) is 5.75 Å². The minimum Gasteiger partial charge on any atom is -0.872 e. The highest BCUT2D eigenvalue weighted by molar-refractivity contribution is 5.91. The minimum atomic E-state index is -1.23. The molecule has 1 heterocycles. The van der Waals surface area contributed by atoms with Crippen molar-refractivity contribution < 1.29 is 20.0 Å². The predicted octanol–water partition coefficient (Wildman–Crippen LogP) is 0.123. The van der Waals surface area contributed by atoms with Crippen molar-refractivity contribution >= 4 is 17.3 Å². The number of anilines is 2. The van der Waals surface area contributed by atoms with Crippen molar-refractivity contribution in [2.24, 2.45) is 0 Å². The lowest BCUT2D eigenvalue weighted by Crippen LogP contribution is -2.04. The number of nitrogen functional groups attached to an aromatic ring is 2. The average molecular weight is 247 g/mol. The molecule has 0 aliphatic carbocycles. The number of rotatable bonds is 1. The van der Waals surface area contributed by atoms with E-state index in [1.54, 1.807) is 24.5 Å². The summed E-state index contributed by atoms with van der Waals surface area (Å²) in [5.74, 6) is -1.78. The van der Waals surface area contributed by atoms with Gasteiger partial charge in [-0.2, -0.15) is 0 Å². The summed E-state index contributed by atoms with van der Waals surface area (Å²) in [4.78, 5) is 13.1. The summed E-state index contributed by atoms with van der Waals surface area (Å²) in [6.07, 6.45) is 3.57. The molecule has 18 heavy (non-hydrogen) atoms. The Balaban J connectivity index is 0.000000199. The van der Waals surface area contributed by atoms with E-state index >= 15 is 0 Å². The van der Waals surface area contributed by atoms with Crippen LogP contribution in [-0.4, -0.2) is 11.1 Å². The first-order chi connectivity index (χ1) is 8.50. The topological polar surface area (TPSA) is 127 Å². The number of nitrogens with one attached hydrogen (secondary N) is 1. The fourth-order valence-electron chi connectivity index (χ4n) is 1.12. The fraction of sp³-hybridized carbons (Fsp3) is 0. The Kier molecular flexibility index (Phi) is 4.50. The molecule has 0 saturated heterocycles. The molecular weight excluding hydrogens is 234 g/mol. The van der Waals surface area contributed by atoms with E-state index in [1.165, 1.54) is 12.1 Å². The van der Waals surface area contributed by atoms with E-state index in [4.69, 9.17) is 16.6 Å². The van der Waals surface area contributed by atoms with Crippen LogP contribution < -0.4 is 21.6 Å². The van der Waals surface area contributed by atoms with Crippen LogP contribution in [0.5, 0.6) is 5.75 Å². The van der Waals surface area contributed by atoms with Gasteiger partial charge in [-0.3, -0.25) is 0 Å². The van der Waals surface area contributed by atoms with Crippen LogP contribution in [-0.2, 0) is 0 Å². The molecule has 2 rings (SSSR count). The van der Waals surface area contributed by atoms with Crippen LogP contribution in [0.4, 0.5) is 11.4 Å². The second-order valence-electron chi connectivity index (χ2n) is 3.39. The van der Waals surface area contributed by atoms with Crippen LogP contribution in [0.2, 0.25) is 0 Å². The summed E-state index contributed by atoms with van der Waals surface area (Å²) >= 11 is 0. The SMILES string of the molecule is Nc1cc[nH+]cc1.Nc1ccc(C(=O)O)c([O-])c1. The number of hydrogen-bond donors (Lipinski definition) is 3.